The maximum atomic E-state index is 12.4. The monoisotopic (exact) mass is 374 g/mol. The highest BCUT2D eigenvalue weighted by Crippen LogP contribution is 2.23. The van der Waals surface area contributed by atoms with Gasteiger partial charge in [0, 0.05) is 25.1 Å². The molecule has 2 N–H and O–H groups in total. The molecule has 1 aromatic heterocycles. The molecule has 2 aromatic rings. The van der Waals surface area contributed by atoms with Crippen molar-refractivity contribution in [2.75, 3.05) is 24.6 Å². The summed E-state index contributed by atoms with van der Waals surface area (Å²) in [5, 5.41) is 2.89. The largest absolute Gasteiger partial charge is 0.340 e. The Morgan fingerprint density at radius 1 is 1.31 bits per heavy atom. The molecule has 1 atom stereocenters. The van der Waals surface area contributed by atoms with Crippen molar-refractivity contribution >= 4 is 15.9 Å². The smallest absolute Gasteiger partial charge is 0.317 e. The lowest BCUT2D eigenvalue weighted by Crippen LogP contribution is -2.44. The van der Waals surface area contributed by atoms with Crippen LogP contribution in [0.3, 0.4) is 0 Å². The van der Waals surface area contributed by atoms with Gasteiger partial charge in [0.15, 0.2) is 9.84 Å². The van der Waals surface area contributed by atoms with Crippen LogP contribution < -0.4 is 5.32 Å². The quantitative estimate of drug-likeness (QED) is 0.853. The third-order valence-electron chi connectivity index (χ3n) is 5.04. The van der Waals surface area contributed by atoms with Crippen molar-refractivity contribution in [2.45, 2.75) is 19.4 Å². The first kappa shape index (κ1) is 17.1. The highest BCUT2D eigenvalue weighted by Gasteiger charge is 2.29. The van der Waals surface area contributed by atoms with Gasteiger partial charge in [0.05, 0.1) is 29.4 Å². The number of benzene rings is 1. The van der Waals surface area contributed by atoms with Crippen LogP contribution in [-0.2, 0) is 22.8 Å². The summed E-state index contributed by atoms with van der Waals surface area (Å²) in [6.07, 6.45) is 1.34. The zero-order valence-electron chi connectivity index (χ0n) is 14.4. The van der Waals surface area contributed by atoms with Crippen LogP contribution >= 0.6 is 0 Å². The number of imidazole rings is 1. The minimum atomic E-state index is -2.91. The van der Waals surface area contributed by atoms with E-state index in [0.717, 1.165) is 22.8 Å². The SMILES string of the molecule is O=C(NC[C@H]1CCS(=O)(=O)C1)N1CCc2nc(-c3ccccc3)[nH]c2C1. The summed E-state index contributed by atoms with van der Waals surface area (Å²) in [4.78, 5) is 22.2. The summed E-state index contributed by atoms with van der Waals surface area (Å²) >= 11 is 0. The molecule has 0 aliphatic carbocycles. The van der Waals surface area contributed by atoms with Gasteiger partial charge in [0.1, 0.15) is 5.82 Å². The van der Waals surface area contributed by atoms with E-state index in [1.165, 1.54) is 0 Å². The Kier molecular flexibility index (Phi) is 4.44. The number of nitrogens with one attached hydrogen (secondary N) is 2. The van der Waals surface area contributed by atoms with Gasteiger partial charge < -0.3 is 15.2 Å². The van der Waals surface area contributed by atoms with Crippen molar-refractivity contribution in [3.8, 4) is 11.4 Å². The predicted molar refractivity (Wildman–Crippen MR) is 98.3 cm³/mol. The van der Waals surface area contributed by atoms with E-state index in [4.69, 9.17) is 0 Å². The van der Waals surface area contributed by atoms with Crippen LogP contribution in [0.4, 0.5) is 4.79 Å². The number of fused-ring (bicyclic) bond motifs is 1. The second-order valence-corrected chi connectivity index (χ2v) is 9.23. The Labute approximate surface area is 152 Å². The van der Waals surface area contributed by atoms with E-state index in [2.05, 4.69) is 15.3 Å². The van der Waals surface area contributed by atoms with Crippen LogP contribution in [0.5, 0.6) is 0 Å². The van der Waals surface area contributed by atoms with Gasteiger partial charge in [-0.2, -0.15) is 0 Å². The average molecular weight is 374 g/mol. The fourth-order valence-electron chi connectivity index (χ4n) is 3.58. The zero-order chi connectivity index (χ0) is 18.1. The molecule has 1 saturated heterocycles. The third kappa shape index (κ3) is 3.60. The number of aromatic amines is 1. The Bertz CT molecular complexity index is 908. The van der Waals surface area contributed by atoms with Crippen molar-refractivity contribution in [1.82, 2.24) is 20.2 Å². The van der Waals surface area contributed by atoms with Crippen LogP contribution in [0.2, 0.25) is 0 Å². The number of H-pyrrole nitrogens is 1. The number of amides is 2. The summed E-state index contributed by atoms with van der Waals surface area (Å²) in [5.74, 6) is 1.27. The summed E-state index contributed by atoms with van der Waals surface area (Å²) in [6.45, 7) is 1.52. The predicted octanol–water partition coefficient (Wildman–Crippen LogP) is 1.58. The van der Waals surface area contributed by atoms with Gasteiger partial charge in [-0.15, -0.1) is 0 Å². The highest BCUT2D eigenvalue weighted by atomic mass is 32.2. The lowest BCUT2D eigenvalue weighted by atomic mass is 10.1. The highest BCUT2D eigenvalue weighted by molar-refractivity contribution is 7.91. The normalized spacial score (nSPS) is 21.4. The average Bonchev–Trinajstić information content (AvgIpc) is 3.22. The van der Waals surface area contributed by atoms with Gasteiger partial charge in [-0.1, -0.05) is 30.3 Å². The Morgan fingerprint density at radius 3 is 2.85 bits per heavy atom. The Balaban J connectivity index is 1.37. The minimum Gasteiger partial charge on any atom is -0.340 e. The number of carbonyl (C=O) groups is 1. The molecule has 0 bridgehead atoms. The third-order valence-corrected chi connectivity index (χ3v) is 6.87. The number of aromatic nitrogens is 2. The first-order chi connectivity index (χ1) is 12.5. The maximum absolute atomic E-state index is 12.4. The number of carbonyl (C=O) groups excluding carboxylic acids is 1. The Hall–Kier alpha value is -2.35. The van der Waals surface area contributed by atoms with Crippen LogP contribution in [-0.4, -0.2) is 53.9 Å². The summed E-state index contributed by atoms with van der Waals surface area (Å²) in [7, 11) is -2.91. The molecular formula is C18H22N4O3S. The van der Waals surface area contributed by atoms with Crippen molar-refractivity contribution in [2.24, 2.45) is 5.92 Å². The van der Waals surface area contributed by atoms with Crippen molar-refractivity contribution in [3.05, 3.63) is 41.7 Å². The number of sulfone groups is 1. The van der Waals surface area contributed by atoms with Crippen LogP contribution in [0, 0.1) is 5.92 Å². The second kappa shape index (κ2) is 6.75. The molecule has 26 heavy (non-hydrogen) atoms. The molecule has 4 rings (SSSR count). The van der Waals surface area contributed by atoms with Crippen LogP contribution in [0.15, 0.2) is 30.3 Å². The zero-order valence-corrected chi connectivity index (χ0v) is 15.3. The summed E-state index contributed by atoms with van der Waals surface area (Å²) in [6, 6.07) is 9.78. The van der Waals surface area contributed by atoms with Crippen LogP contribution in [0.25, 0.3) is 11.4 Å². The molecule has 0 saturated carbocycles. The van der Waals surface area contributed by atoms with Crippen molar-refractivity contribution in [3.63, 3.8) is 0 Å². The van der Waals surface area contributed by atoms with E-state index in [0.29, 0.717) is 32.5 Å². The second-order valence-electron chi connectivity index (χ2n) is 7.00. The van der Waals surface area contributed by atoms with Crippen molar-refractivity contribution < 1.29 is 13.2 Å². The van der Waals surface area contributed by atoms with E-state index in [9.17, 15) is 13.2 Å². The topological polar surface area (TPSA) is 95.2 Å². The van der Waals surface area contributed by atoms with Gasteiger partial charge in [-0.05, 0) is 12.3 Å². The number of hydrogen-bond acceptors (Lipinski definition) is 4. The van der Waals surface area contributed by atoms with E-state index < -0.39 is 9.84 Å². The van der Waals surface area contributed by atoms with Gasteiger partial charge in [0.2, 0.25) is 0 Å². The first-order valence-corrected chi connectivity index (χ1v) is 10.7. The molecule has 0 spiro atoms. The van der Waals surface area contributed by atoms with E-state index >= 15 is 0 Å². The summed E-state index contributed by atoms with van der Waals surface area (Å²) < 4.78 is 23.0. The first-order valence-electron chi connectivity index (χ1n) is 8.86. The van der Waals surface area contributed by atoms with Crippen LogP contribution in [0.1, 0.15) is 17.8 Å². The molecule has 2 amide bonds. The van der Waals surface area contributed by atoms with Crippen molar-refractivity contribution in [1.29, 1.82) is 0 Å². The molecule has 3 heterocycles. The number of rotatable bonds is 3. The molecule has 0 unspecified atom stereocenters. The molecule has 1 fully saturated rings. The summed E-state index contributed by atoms with van der Waals surface area (Å²) in [5.41, 5.74) is 3.00. The van der Waals surface area contributed by atoms with Gasteiger partial charge >= 0.3 is 6.03 Å². The van der Waals surface area contributed by atoms with Gasteiger partial charge in [-0.25, -0.2) is 18.2 Å². The molecule has 138 valence electrons. The molecule has 8 heteroatoms. The number of nitrogens with zero attached hydrogens (tertiary/aromatic N) is 2. The molecule has 1 aromatic carbocycles. The molecule has 2 aliphatic rings. The lowest BCUT2D eigenvalue weighted by Gasteiger charge is -2.26. The molecular weight excluding hydrogens is 352 g/mol. The fraction of sp³-hybridized carbons (Fsp3) is 0.444. The molecule has 2 aliphatic heterocycles. The Morgan fingerprint density at radius 2 is 2.12 bits per heavy atom. The maximum Gasteiger partial charge on any atom is 0.317 e. The van der Waals surface area contributed by atoms with E-state index in [-0.39, 0.29) is 23.5 Å². The number of urea groups is 1. The molecule has 7 nitrogen and oxygen atoms in total. The number of hydrogen-bond donors (Lipinski definition) is 2. The van der Waals surface area contributed by atoms with Gasteiger partial charge in [0.25, 0.3) is 0 Å². The van der Waals surface area contributed by atoms with E-state index in [1.54, 1.807) is 4.90 Å². The lowest BCUT2D eigenvalue weighted by molar-refractivity contribution is 0.190. The standard InChI is InChI=1S/C18H22N4O3S/c23-18(19-10-13-7-9-26(24,25)12-13)22-8-6-15-16(11-22)21-17(20-15)14-4-2-1-3-5-14/h1-5,13H,6-12H2,(H,19,23)(H,20,21)/t13-/m1/s1. The fourth-order valence-corrected chi connectivity index (χ4v) is 5.44. The molecule has 0 radical (unpaired) electrons. The van der Waals surface area contributed by atoms with Gasteiger partial charge in [-0.3, -0.25) is 0 Å². The minimum absolute atomic E-state index is 0.0288. The van der Waals surface area contributed by atoms with E-state index in [1.807, 2.05) is 30.3 Å².